The minimum atomic E-state index is 0.124. The molecule has 2 rings (SSSR count). The van der Waals surface area contributed by atoms with Crippen molar-refractivity contribution < 1.29 is 9.90 Å². The molecule has 0 atom stereocenters. The number of carbonyl (C=O) groups is 1. The second kappa shape index (κ2) is 3.64. The first-order valence-electron chi connectivity index (χ1n) is 4.50. The fraction of sp³-hybridized carbons (Fsp3) is 0.182. The van der Waals surface area contributed by atoms with Gasteiger partial charge in [-0.2, -0.15) is 0 Å². The first-order chi connectivity index (χ1) is 6.85. The Hall–Kier alpha value is -1.61. The molecule has 0 aliphatic rings. The Kier molecular flexibility index (Phi) is 2.33. The Morgan fingerprint density at radius 2 is 2.21 bits per heavy atom. The van der Waals surface area contributed by atoms with E-state index in [1.807, 2.05) is 29.0 Å². The van der Waals surface area contributed by atoms with Crippen LogP contribution in [0.1, 0.15) is 10.4 Å². The molecular formula is C11H11NO2. The van der Waals surface area contributed by atoms with Crippen molar-refractivity contribution in [2.75, 3.05) is 6.61 Å². The van der Waals surface area contributed by atoms with Gasteiger partial charge in [-0.15, -0.1) is 0 Å². The van der Waals surface area contributed by atoms with Crippen LogP contribution in [0.15, 0.2) is 30.5 Å². The molecule has 0 saturated carbocycles. The molecule has 0 spiro atoms. The van der Waals surface area contributed by atoms with Gasteiger partial charge in [0.1, 0.15) is 6.29 Å². The minimum Gasteiger partial charge on any atom is -0.395 e. The van der Waals surface area contributed by atoms with Gasteiger partial charge in [0.25, 0.3) is 0 Å². The maximum absolute atomic E-state index is 10.5. The van der Waals surface area contributed by atoms with Gasteiger partial charge >= 0.3 is 0 Å². The maximum atomic E-state index is 10.5. The van der Waals surface area contributed by atoms with Crippen LogP contribution in [-0.2, 0) is 6.54 Å². The molecule has 0 saturated heterocycles. The Bertz CT molecular complexity index is 459. The van der Waals surface area contributed by atoms with Crippen LogP contribution in [-0.4, -0.2) is 22.6 Å². The van der Waals surface area contributed by atoms with Crippen molar-refractivity contribution in [3.8, 4) is 0 Å². The van der Waals surface area contributed by atoms with Crippen LogP contribution >= 0.6 is 0 Å². The molecule has 0 radical (unpaired) electrons. The van der Waals surface area contributed by atoms with E-state index in [9.17, 15) is 4.79 Å². The summed E-state index contributed by atoms with van der Waals surface area (Å²) in [5, 5.41) is 9.85. The smallest absolute Gasteiger partial charge is 0.150 e. The summed E-state index contributed by atoms with van der Waals surface area (Å²) in [5.74, 6) is 0. The molecule has 0 amide bonds. The third-order valence-corrected chi connectivity index (χ3v) is 2.27. The van der Waals surface area contributed by atoms with Crippen LogP contribution < -0.4 is 0 Å². The lowest BCUT2D eigenvalue weighted by Gasteiger charge is -2.01. The molecular weight excluding hydrogens is 178 g/mol. The Labute approximate surface area is 81.6 Å². The Morgan fingerprint density at radius 1 is 1.36 bits per heavy atom. The van der Waals surface area contributed by atoms with Crippen LogP contribution in [0.3, 0.4) is 0 Å². The van der Waals surface area contributed by atoms with Crippen molar-refractivity contribution in [3.05, 3.63) is 36.0 Å². The number of rotatable bonds is 3. The summed E-state index contributed by atoms with van der Waals surface area (Å²) in [6.07, 6.45) is 2.75. The third-order valence-electron chi connectivity index (χ3n) is 2.27. The molecule has 2 aromatic rings. The zero-order valence-electron chi connectivity index (χ0n) is 7.68. The van der Waals surface area contributed by atoms with Crippen molar-refractivity contribution in [1.82, 2.24) is 4.57 Å². The van der Waals surface area contributed by atoms with Gasteiger partial charge in [-0.05, 0) is 24.3 Å². The van der Waals surface area contributed by atoms with E-state index in [1.165, 1.54) is 0 Å². The highest BCUT2D eigenvalue weighted by atomic mass is 16.3. The molecule has 72 valence electrons. The second-order valence-electron chi connectivity index (χ2n) is 3.17. The SMILES string of the molecule is O=Cc1ccc2c(ccn2CCO)c1. The Balaban J connectivity index is 2.53. The van der Waals surface area contributed by atoms with E-state index in [-0.39, 0.29) is 6.61 Å². The highest BCUT2D eigenvalue weighted by Crippen LogP contribution is 2.16. The van der Waals surface area contributed by atoms with Gasteiger partial charge in [0.05, 0.1) is 6.61 Å². The second-order valence-corrected chi connectivity index (χ2v) is 3.17. The number of carbonyl (C=O) groups excluding carboxylic acids is 1. The predicted molar refractivity (Wildman–Crippen MR) is 54.4 cm³/mol. The van der Waals surface area contributed by atoms with Gasteiger partial charge in [-0.1, -0.05) is 0 Å². The average Bonchev–Trinajstić information content (AvgIpc) is 2.61. The highest BCUT2D eigenvalue weighted by Gasteiger charge is 2.00. The summed E-state index contributed by atoms with van der Waals surface area (Å²) in [6, 6.07) is 7.46. The fourth-order valence-corrected chi connectivity index (χ4v) is 1.59. The lowest BCUT2D eigenvalue weighted by Crippen LogP contribution is -1.99. The van der Waals surface area contributed by atoms with Crippen molar-refractivity contribution in [3.63, 3.8) is 0 Å². The van der Waals surface area contributed by atoms with Gasteiger partial charge in [-0.25, -0.2) is 0 Å². The number of aldehydes is 1. The van der Waals surface area contributed by atoms with E-state index in [1.54, 1.807) is 6.07 Å². The normalized spacial score (nSPS) is 10.6. The van der Waals surface area contributed by atoms with Crippen LogP contribution in [0.2, 0.25) is 0 Å². The maximum Gasteiger partial charge on any atom is 0.150 e. The fourth-order valence-electron chi connectivity index (χ4n) is 1.59. The number of fused-ring (bicyclic) bond motifs is 1. The van der Waals surface area contributed by atoms with Gasteiger partial charge in [0.2, 0.25) is 0 Å². The van der Waals surface area contributed by atoms with E-state index in [4.69, 9.17) is 5.11 Å². The molecule has 3 nitrogen and oxygen atoms in total. The van der Waals surface area contributed by atoms with E-state index < -0.39 is 0 Å². The lowest BCUT2D eigenvalue weighted by atomic mass is 10.2. The monoisotopic (exact) mass is 189 g/mol. The van der Waals surface area contributed by atoms with Crippen LogP contribution in [0.5, 0.6) is 0 Å². The number of aliphatic hydroxyl groups excluding tert-OH is 1. The molecule has 3 heteroatoms. The van der Waals surface area contributed by atoms with Crippen LogP contribution in [0.25, 0.3) is 10.9 Å². The van der Waals surface area contributed by atoms with Crippen LogP contribution in [0.4, 0.5) is 0 Å². The molecule has 1 aromatic heterocycles. The summed E-state index contributed by atoms with van der Waals surface area (Å²) >= 11 is 0. The molecule has 1 N–H and O–H groups in total. The largest absolute Gasteiger partial charge is 0.395 e. The topological polar surface area (TPSA) is 42.2 Å². The van der Waals surface area contributed by atoms with Gasteiger partial charge in [0.15, 0.2) is 0 Å². The highest BCUT2D eigenvalue weighted by molar-refractivity contribution is 5.87. The first kappa shape index (κ1) is 8.97. The number of hydrogen-bond acceptors (Lipinski definition) is 2. The molecule has 0 fully saturated rings. The zero-order chi connectivity index (χ0) is 9.97. The van der Waals surface area contributed by atoms with Crippen LogP contribution in [0, 0.1) is 0 Å². The summed E-state index contributed by atoms with van der Waals surface area (Å²) in [6.45, 7) is 0.711. The van der Waals surface area contributed by atoms with E-state index in [0.29, 0.717) is 12.1 Å². The van der Waals surface area contributed by atoms with Crippen molar-refractivity contribution >= 4 is 17.2 Å². The number of hydrogen-bond donors (Lipinski definition) is 1. The zero-order valence-corrected chi connectivity index (χ0v) is 7.68. The summed E-state index contributed by atoms with van der Waals surface area (Å²) < 4.78 is 1.96. The summed E-state index contributed by atoms with van der Waals surface area (Å²) in [4.78, 5) is 10.5. The van der Waals surface area contributed by atoms with Gasteiger partial charge < -0.3 is 9.67 Å². The number of nitrogens with zero attached hydrogens (tertiary/aromatic N) is 1. The molecule has 0 bridgehead atoms. The molecule has 14 heavy (non-hydrogen) atoms. The minimum absolute atomic E-state index is 0.124. The quantitative estimate of drug-likeness (QED) is 0.742. The molecule has 0 unspecified atom stereocenters. The molecule has 0 aliphatic carbocycles. The summed E-state index contributed by atoms with van der Waals surface area (Å²) in [5.41, 5.74) is 1.73. The number of aliphatic hydroxyl groups is 1. The van der Waals surface area contributed by atoms with Crippen molar-refractivity contribution in [1.29, 1.82) is 0 Å². The third kappa shape index (κ3) is 1.42. The lowest BCUT2D eigenvalue weighted by molar-refractivity contribution is 0.112. The van der Waals surface area contributed by atoms with Crippen molar-refractivity contribution in [2.24, 2.45) is 0 Å². The Morgan fingerprint density at radius 3 is 2.93 bits per heavy atom. The standard InChI is InChI=1S/C11H11NO2/c13-6-5-12-4-3-10-7-9(8-14)1-2-11(10)12/h1-4,7-8,13H,5-6H2. The average molecular weight is 189 g/mol. The molecule has 0 aliphatic heterocycles. The van der Waals surface area contributed by atoms with Gasteiger partial charge in [0, 0.05) is 29.2 Å². The molecule has 1 aromatic carbocycles. The van der Waals surface area contributed by atoms with E-state index in [2.05, 4.69) is 0 Å². The number of aromatic nitrogens is 1. The van der Waals surface area contributed by atoms with Crippen molar-refractivity contribution in [2.45, 2.75) is 6.54 Å². The van der Waals surface area contributed by atoms with Gasteiger partial charge in [-0.3, -0.25) is 4.79 Å². The first-order valence-corrected chi connectivity index (χ1v) is 4.50. The summed E-state index contributed by atoms with van der Waals surface area (Å²) in [7, 11) is 0. The molecule has 1 heterocycles. The predicted octanol–water partition coefficient (Wildman–Crippen LogP) is 1.45. The van der Waals surface area contributed by atoms with E-state index in [0.717, 1.165) is 17.2 Å². The van der Waals surface area contributed by atoms with E-state index >= 15 is 0 Å². The number of benzene rings is 1.